The molecule has 0 aliphatic rings. The summed E-state index contributed by atoms with van der Waals surface area (Å²) >= 11 is 0. The van der Waals surface area contributed by atoms with E-state index in [-0.39, 0.29) is 0 Å². The van der Waals surface area contributed by atoms with Gasteiger partial charge in [-0.1, -0.05) is 37.6 Å². The number of benzene rings is 1. The molecule has 1 heterocycles. The number of hydrogen-bond acceptors (Lipinski definition) is 3. The van der Waals surface area contributed by atoms with Crippen LogP contribution in [0.15, 0.2) is 36.7 Å². The number of rotatable bonds is 6. The van der Waals surface area contributed by atoms with Crippen LogP contribution in [0.25, 0.3) is 5.69 Å². The van der Waals surface area contributed by atoms with E-state index < -0.39 is 0 Å². The highest BCUT2D eigenvalue weighted by atomic mass is 15.4. The zero-order chi connectivity index (χ0) is 12.8. The van der Waals surface area contributed by atoms with Crippen molar-refractivity contribution in [2.24, 2.45) is 5.92 Å². The predicted octanol–water partition coefficient (Wildman–Crippen LogP) is 3.12. The molecule has 0 aliphatic carbocycles. The first kappa shape index (κ1) is 12.6. The maximum atomic E-state index is 4.04. The number of nitrogens with one attached hydrogen (secondary N) is 1. The van der Waals surface area contributed by atoms with E-state index in [1.165, 1.54) is 12.8 Å². The lowest BCUT2D eigenvalue weighted by atomic mass is 10.1. The second kappa shape index (κ2) is 6.19. The van der Waals surface area contributed by atoms with Crippen LogP contribution >= 0.6 is 0 Å². The highest BCUT2D eigenvalue weighted by Gasteiger charge is 2.06. The van der Waals surface area contributed by atoms with Gasteiger partial charge in [0.15, 0.2) is 0 Å². The number of para-hydroxylation sites is 2. The topological polar surface area (TPSA) is 42.7 Å². The van der Waals surface area contributed by atoms with Crippen LogP contribution in [0.3, 0.4) is 0 Å². The van der Waals surface area contributed by atoms with Crippen molar-refractivity contribution in [3.63, 3.8) is 0 Å². The van der Waals surface area contributed by atoms with E-state index in [9.17, 15) is 0 Å². The Labute approximate surface area is 108 Å². The Morgan fingerprint density at radius 1 is 1.33 bits per heavy atom. The normalized spacial score (nSPS) is 12.3. The summed E-state index contributed by atoms with van der Waals surface area (Å²) in [5.74, 6) is 0.679. The fourth-order valence-electron chi connectivity index (χ4n) is 2.04. The molecule has 0 fully saturated rings. The van der Waals surface area contributed by atoms with Gasteiger partial charge in [0.05, 0.1) is 23.8 Å². The third-order valence-corrected chi connectivity index (χ3v) is 3.00. The molecule has 0 spiro atoms. The lowest BCUT2D eigenvalue weighted by molar-refractivity contribution is 0.550. The van der Waals surface area contributed by atoms with Gasteiger partial charge in [-0.3, -0.25) is 0 Å². The minimum atomic E-state index is 0.679. The summed E-state index contributed by atoms with van der Waals surface area (Å²) in [5.41, 5.74) is 2.14. The van der Waals surface area contributed by atoms with Gasteiger partial charge in [-0.15, -0.1) is 5.10 Å². The van der Waals surface area contributed by atoms with Crippen LogP contribution in [0.1, 0.15) is 26.7 Å². The third kappa shape index (κ3) is 3.09. The van der Waals surface area contributed by atoms with Gasteiger partial charge in [0, 0.05) is 6.54 Å². The molecule has 0 bridgehead atoms. The molecule has 1 aromatic carbocycles. The van der Waals surface area contributed by atoms with E-state index >= 15 is 0 Å². The highest BCUT2D eigenvalue weighted by molar-refractivity contribution is 5.60. The number of hydrogen-bond donors (Lipinski definition) is 1. The molecule has 2 aromatic rings. The molecule has 18 heavy (non-hydrogen) atoms. The van der Waals surface area contributed by atoms with Gasteiger partial charge in [0.2, 0.25) is 0 Å². The molecule has 1 aromatic heterocycles. The molecule has 1 N–H and O–H groups in total. The number of anilines is 1. The second-order valence-electron chi connectivity index (χ2n) is 4.64. The van der Waals surface area contributed by atoms with Gasteiger partial charge in [-0.25, -0.2) is 4.68 Å². The number of aromatic nitrogens is 3. The van der Waals surface area contributed by atoms with Crippen molar-refractivity contribution in [3.05, 3.63) is 36.7 Å². The monoisotopic (exact) mass is 244 g/mol. The molecule has 0 aliphatic heterocycles. The standard InChI is InChI=1S/C14H20N4/c1-3-6-12(2)11-15-13-7-4-5-8-14(13)18-10-9-16-17-18/h4-5,7-10,12,15H,3,6,11H2,1-2H3. The van der Waals surface area contributed by atoms with Crippen LogP contribution in [-0.4, -0.2) is 21.5 Å². The van der Waals surface area contributed by atoms with Crippen LogP contribution in [0, 0.1) is 5.92 Å². The Balaban J connectivity index is 2.09. The summed E-state index contributed by atoms with van der Waals surface area (Å²) in [6.07, 6.45) is 6.03. The minimum Gasteiger partial charge on any atom is -0.383 e. The maximum Gasteiger partial charge on any atom is 0.0894 e. The van der Waals surface area contributed by atoms with E-state index in [0.717, 1.165) is 17.9 Å². The Kier molecular flexibility index (Phi) is 4.34. The van der Waals surface area contributed by atoms with Crippen molar-refractivity contribution in [1.29, 1.82) is 0 Å². The molecular formula is C14H20N4. The molecule has 4 heteroatoms. The van der Waals surface area contributed by atoms with Gasteiger partial charge >= 0.3 is 0 Å². The average molecular weight is 244 g/mol. The zero-order valence-corrected chi connectivity index (χ0v) is 11.0. The lowest BCUT2D eigenvalue weighted by Crippen LogP contribution is -2.12. The first-order valence-corrected chi connectivity index (χ1v) is 6.51. The fourth-order valence-corrected chi connectivity index (χ4v) is 2.04. The molecule has 2 rings (SSSR count). The molecule has 0 amide bonds. The van der Waals surface area contributed by atoms with E-state index in [1.807, 2.05) is 24.4 Å². The second-order valence-corrected chi connectivity index (χ2v) is 4.64. The summed E-state index contributed by atoms with van der Waals surface area (Å²) < 4.78 is 1.78. The first-order valence-electron chi connectivity index (χ1n) is 6.51. The van der Waals surface area contributed by atoms with Crippen molar-refractivity contribution >= 4 is 5.69 Å². The van der Waals surface area contributed by atoms with Gasteiger partial charge in [-0.2, -0.15) is 0 Å². The molecule has 1 unspecified atom stereocenters. The number of nitrogens with zero attached hydrogens (tertiary/aromatic N) is 3. The molecule has 96 valence electrons. The Hall–Kier alpha value is -1.84. The average Bonchev–Trinajstić information content (AvgIpc) is 2.91. The predicted molar refractivity (Wildman–Crippen MR) is 73.9 cm³/mol. The Morgan fingerprint density at radius 2 is 2.17 bits per heavy atom. The van der Waals surface area contributed by atoms with E-state index in [2.05, 4.69) is 35.5 Å². The van der Waals surface area contributed by atoms with Crippen molar-refractivity contribution in [3.8, 4) is 5.69 Å². The van der Waals surface area contributed by atoms with Gasteiger partial charge in [-0.05, 0) is 24.5 Å². The fraction of sp³-hybridized carbons (Fsp3) is 0.429. The van der Waals surface area contributed by atoms with Gasteiger partial charge in [0.25, 0.3) is 0 Å². The molecule has 1 atom stereocenters. The van der Waals surface area contributed by atoms with E-state index in [4.69, 9.17) is 0 Å². The van der Waals surface area contributed by atoms with Crippen LogP contribution in [0.5, 0.6) is 0 Å². The minimum absolute atomic E-state index is 0.679. The third-order valence-electron chi connectivity index (χ3n) is 3.00. The van der Waals surface area contributed by atoms with Gasteiger partial charge in [0.1, 0.15) is 0 Å². The Bertz CT molecular complexity index is 464. The largest absolute Gasteiger partial charge is 0.383 e. The molecule has 4 nitrogen and oxygen atoms in total. The van der Waals surface area contributed by atoms with Crippen molar-refractivity contribution < 1.29 is 0 Å². The van der Waals surface area contributed by atoms with E-state index in [1.54, 1.807) is 10.9 Å². The molecule has 0 radical (unpaired) electrons. The smallest absolute Gasteiger partial charge is 0.0894 e. The maximum absolute atomic E-state index is 4.04. The summed E-state index contributed by atoms with van der Waals surface area (Å²) in [6.45, 7) is 5.48. The summed E-state index contributed by atoms with van der Waals surface area (Å²) in [5, 5.41) is 11.4. The van der Waals surface area contributed by atoms with Gasteiger partial charge < -0.3 is 5.32 Å². The summed E-state index contributed by atoms with van der Waals surface area (Å²) in [7, 11) is 0. The molecule has 0 saturated heterocycles. The van der Waals surface area contributed by atoms with Crippen molar-refractivity contribution in [2.75, 3.05) is 11.9 Å². The molecular weight excluding hydrogens is 224 g/mol. The van der Waals surface area contributed by atoms with Crippen molar-refractivity contribution in [1.82, 2.24) is 15.0 Å². The first-order chi connectivity index (χ1) is 8.81. The van der Waals surface area contributed by atoms with E-state index in [0.29, 0.717) is 5.92 Å². The molecule has 0 saturated carbocycles. The highest BCUT2D eigenvalue weighted by Crippen LogP contribution is 2.19. The van der Waals surface area contributed by atoms with Crippen LogP contribution in [0.4, 0.5) is 5.69 Å². The summed E-state index contributed by atoms with van der Waals surface area (Å²) in [6, 6.07) is 8.17. The zero-order valence-electron chi connectivity index (χ0n) is 11.0. The lowest BCUT2D eigenvalue weighted by Gasteiger charge is -2.15. The Morgan fingerprint density at radius 3 is 2.89 bits per heavy atom. The van der Waals surface area contributed by atoms with Crippen LogP contribution < -0.4 is 5.32 Å². The van der Waals surface area contributed by atoms with Crippen LogP contribution in [0.2, 0.25) is 0 Å². The van der Waals surface area contributed by atoms with Crippen molar-refractivity contribution in [2.45, 2.75) is 26.7 Å². The quantitative estimate of drug-likeness (QED) is 0.849. The SMILES string of the molecule is CCCC(C)CNc1ccccc1-n1ccnn1. The van der Waals surface area contributed by atoms with Crippen LogP contribution in [-0.2, 0) is 0 Å². The summed E-state index contributed by atoms with van der Waals surface area (Å²) in [4.78, 5) is 0.